The van der Waals surface area contributed by atoms with Crippen molar-refractivity contribution in [2.75, 3.05) is 12.0 Å². The summed E-state index contributed by atoms with van der Waals surface area (Å²) in [7, 11) is 1.50. The van der Waals surface area contributed by atoms with E-state index in [1.807, 2.05) is 0 Å². The van der Waals surface area contributed by atoms with Gasteiger partial charge in [-0.3, -0.25) is 14.5 Å². The highest BCUT2D eigenvalue weighted by atomic mass is 19.1. The number of aliphatic hydroxyl groups excluding tert-OH is 1. The molecule has 0 unspecified atom stereocenters. The fraction of sp³-hybridized carbons (Fsp3) is 0.136. The maximum Gasteiger partial charge on any atom is 0.301 e. The van der Waals surface area contributed by atoms with Crippen LogP contribution in [-0.2, 0) is 9.59 Å². The van der Waals surface area contributed by atoms with Crippen LogP contribution >= 0.6 is 0 Å². The van der Waals surface area contributed by atoms with E-state index in [0.717, 1.165) is 12.1 Å². The summed E-state index contributed by atoms with van der Waals surface area (Å²) in [6.45, 7) is 1.66. The number of aromatic nitrogens is 1. The molecule has 0 aliphatic carbocycles. The molecule has 1 saturated heterocycles. The summed E-state index contributed by atoms with van der Waals surface area (Å²) in [6, 6.07) is 12.3. The van der Waals surface area contributed by atoms with Crippen molar-refractivity contribution in [2.45, 2.75) is 13.0 Å². The van der Waals surface area contributed by atoms with Gasteiger partial charge in [-0.15, -0.1) is 0 Å². The number of halogens is 1. The average molecular weight is 408 g/mol. The van der Waals surface area contributed by atoms with E-state index in [4.69, 9.17) is 9.26 Å². The largest absolute Gasteiger partial charge is 0.507 e. The lowest BCUT2D eigenvalue weighted by Crippen LogP contribution is -2.29. The predicted octanol–water partition coefficient (Wildman–Crippen LogP) is 3.76. The molecule has 0 spiro atoms. The summed E-state index contributed by atoms with van der Waals surface area (Å²) in [5, 5.41) is 14.8. The van der Waals surface area contributed by atoms with Gasteiger partial charge in [-0.2, -0.15) is 0 Å². The number of anilines is 1. The SMILES string of the molecule is COc1cccc([C@@H]2C(=C(O)c3ccc(F)cc3)C(=O)C(=O)N2c2cc(C)on2)c1. The first kappa shape index (κ1) is 19.4. The lowest BCUT2D eigenvalue weighted by Gasteiger charge is -2.23. The van der Waals surface area contributed by atoms with Crippen LogP contribution in [0.2, 0.25) is 0 Å². The summed E-state index contributed by atoms with van der Waals surface area (Å²) in [5.41, 5.74) is 0.594. The molecule has 4 rings (SSSR count). The van der Waals surface area contributed by atoms with Gasteiger partial charge < -0.3 is 14.4 Å². The van der Waals surface area contributed by atoms with E-state index in [2.05, 4.69) is 5.16 Å². The number of hydrogen-bond acceptors (Lipinski definition) is 6. The number of methoxy groups -OCH3 is 1. The Balaban J connectivity index is 1.95. The number of ether oxygens (including phenoxy) is 1. The van der Waals surface area contributed by atoms with Crippen LogP contribution in [0.5, 0.6) is 5.75 Å². The van der Waals surface area contributed by atoms with Gasteiger partial charge in [0.05, 0.1) is 18.7 Å². The molecule has 2 heterocycles. The molecule has 2 aromatic carbocycles. The number of Topliss-reactive ketones (excluding diaryl/α,β-unsaturated/α-hetero) is 1. The number of amides is 1. The molecule has 1 amide bonds. The quantitative estimate of drug-likeness (QED) is 0.401. The predicted molar refractivity (Wildman–Crippen MR) is 105 cm³/mol. The van der Waals surface area contributed by atoms with Gasteiger partial charge >= 0.3 is 5.91 Å². The van der Waals surface area contributed by atoms with Crippen molar-refractivity contribution in [3.8, 4) is 5.75 Å². The van der Waals surface area contributed by atoms with Gasteiger partial charge in [0, 0.05) is 11.6 Å². The van der Waals surface area contributed by atoms with Crippen molar-refractivity contribution < 1.29 is 28.3 Å². The number of rotatable bonds is 4. The molecular formula is C22H17FN2O5. The fourth-order valence-electron chi connectivity index (χ4n) is 3.43. The number of benzene rings is 2. The minimum atomic E-state index is -0.977. The number of aryl methyl sites for hydroxylation is 1. The molecule has 152 valence electrons. The Kier molecular flexibility index (Phi) is 4.83. The minimum absolute atomic E-state index is 0.138. The van der Waals surface area contributed by atoms with E-state index < -0.39 is 29.3 Å². The monoisotopic (exact) mass is 408 g/mol. The molecular weight excluding hydrogens is 391 g/mol. The van der Waals surface area contributed by atoms with Crippen molar-refractivity contribution in [1.82, 2.24) is 5.16 Å². The van der Waals surface area contributed by atoms with E-state index in [-0.39, 0.29) is 17.0 Å². The Morgan fingerprint density at radius 1 is 1.17 bits per heavy atom. The molecule has 0 radical (unpaired) electrons. The molecule has 0 bridgehead atoms. The van der Waals surface area contributed by atoms with Gasteiger partial charge in [0.1, 0.15) is 23.1 Å². The Bertz CT molecular complexity index is 1170. The number of carbonyl (C=O) groups is 2. The smallest absolute Gasteiger partial charge is 0.301 e. The number of nitrogens with zero attached hydrogens (tertiary/aromatic N) is 2. The first-order chi connectivity index (χ1) is 14.4. The highest BCUT2D eigenvalue weighted by molar-refractivity contribution is 6.51. The van der Waals surface area contributed by atoms with E-state index in [1.54, 1.807) is 31.2 Å². The molecule has 0 saturated carbocycles. The van der Waals surface area contributed by atoms with Crippen LogP contribution in [0.1, 0.15) is 22.9 Å². The molecule has 3 aromatic rings. The minimum Gasteiger partial charge on any atom is -0.507 e. The van der Waals surface area contributed by atoms with E-state index >= 15 is 0 Å². The lowest BCUT2D eigenvalue weighted by atomic mass is 9.95. The summed E-state index contributed by atoms with van der Waals surface area (Å²) in [6.07, 6.45) is 0. The first-order valence-corrected chi connectivity index (χ1v) is 9.05. The lowest BCUT2D eigenvalue weighted by molar-refractivity contribution is -0.132. The van der Waals surface area contributed by atoms with Gasteiger partial charge in [0.15, 0.2) is 5.82 Å². The van der Waals surface area contributed by atoms with Crippen molar-refractivity contribution in [2.24, 2.45) is 0 Å². The second kappa shape index (κ2) is 7.47. The number of aliphatic hydroxyl groups is 1. The molecule has 8 heteroatoms. The fourth-order valence-corrected chi connectivity index (χ4v) is 3.43. The maximum absolute atomic E-state index is 13.3. The van der Waals surface area contributed by atoms with Crippen LogP contribution in [0.4, 0.5) is 10.2 Å². The number of hydrogen-bond donors (Lipinski definition) is 1. The van der Waals surface area contributed by atoms with Crippen LogP contribution in [0.3, 0.4) is 0 Å². The van der Waals surface area contributed by atoms with Crippen LogP contribution < -0.4 is 9.64 Å². The zero-order valence-corrected chi connectivity index (χ0v) is 16.1. The van der Waals surface area contributed by atoms with E-state index in [0.29, 0.717) is 17.1 Å². The zero-order chi connectivity index (χ0) is 21.4. The summed E-state index contributed by atoms with van der Waals surface area (Å²) < 4.78 is 23.7. The third-order valence-corrected chi connectivity index (χ3v) is 4.83. The molecule has 1 aliphatic heterocycles. The van der Waals surface area contributed by atoms with Crippen molar-refractivity contribution in [3.05, 3.63) is 82.9 Å². The highest BCUT2D eigenvalue weighted by Crippen LogP contribution is 2.42. The molecule has 1 atom stereocenters. The van der Waals surface area contributed by atoms with Crippen LogP contribution in [-0.4, -0.2) is 29.1 Å². The molecule has 30 heavy (non-hydrogen) atoms. The first-order valence-electron chi connectivity index (χ1n) is 9.05. The van der Waals surface area contributed by atoms with Crippen molar-refractivity contribution in [3.63, 3.8) is 0 Å². The summed E-state index contributed by atoms with van der Waals surface area (Å²) in [5.74, 6) is -1.55. The van der Waals surface area contributed by atoms with Crippen LogP contribution in [0.15, 0.2) is 64.7 Å². The standard InChI is InChI=1S/C22H17FN2O5/c1-12-10-17(24-30-12)25-19(14-4-3-5-16(11-14)29-2)18(21(27)22(25)28)20(26)13-6-8-15(23)9-7-13/h3-11,19,26H,1-2H3/t19-/m1/s1. The second-order valence-electron chi connectivity index (χ2n) is 6.75. The summed E-state index contributed by atoms with van der Waals surface area (Å²) >= 11 is 0. The average Bonchev–Trinajstić information content (AvgIpc) is 3.29. The van der Waals surface area contributed by atoms with Gasteiger partial charge in [0.25, 0.3) is 5.78 Å². The van der Waals surface area contributed by atoms with Crippen LogP contribution in [0, 0.1) is 12.7 Å². The van der Waals surface area contributed by atoms with E-state index in [9.17, 15) is 19.1 Å². The molecule has 1 aromatic heterocycles. The van der Waals surface area contributed by atoms with Crippen molar-refractivity contribution >= 4 is 23.3 Å². The Morgan fingerprint density at radius 3 is 2.53 bits per heavy atom. The molecule has 1 fully saturated rings. The van der Waals surface area contributed by atoms with Crippen molar-refractivity contribution in [1.29, 1.82) is 0 Å². The highest BCUT2D eigenvalue weighted by Gasteiger charge is 2.48. The topological polar surface area (TPSA) is 92.9 Å². The van der Waals surface area contributed by atoms with Gasteiger partial charge in [-0.05, 0) is 48.9 Å². The summed E-state index contributed by atoms with van der Waals surface area (Å²) in [4.78, 5) is 27.0. The third-order valence-electron chi connectivity index (χ3n) is 4.83. The molecule has 7 nitrogen and oxygen atoms in total. The third kappa shape index (κ3) is 3.22. The van der Waals surface area contributed by atoms with E-state index in [1.165, 1.54) is 30.2 Å². The Morgan fingerprint density at radius 2 is 1.90 bits per heavy atom. The Hall–Kier alpha value is -3.94. The second-order valence-corrected chi connectivity index (χ2v) is 6.75. The molecule has 1 N–H and O–H groups in total. The van der Waals surface area contributed by atoms with Gasteiger partial charge in [0.2, 0.25) is 0 Å². The van der Waals surface area contributed by atoms with Crippen LogP contribution in [0.25, 0.3) is 5.76 Å². The zero-order valence-electron chi connectivity index (χ0n) is 16.1. The van der Waals surface area contributed by atoms with Gasteiger partial charge in [-0.25, -0.2) is 4.39 Å². The normalized spacial score (nSPS) is 18.1. The Labute approximate surface area is 171 Å². The number of carbonyl (C=O) groups excluding carboxylic acids is 2. The number of ketones is 1. The maximum atomic E-state index is 13.3. The van der Waals surface area contributed by atoms with Gasteiger partial charge in [-0.1, -0.05) is 17.3 Å². The molecule has 1 aliphatic rings.